The number of allylic oxidation sites excluding steroid dienone is 1. The summed E-state index contributed by atoms with van der Waals surface area (Å²) in [6.45, 7) is 16.4. The van der Waals surface area contributed by atoms with Crippen LogP contribution in [-0.4, -0.2) is 12.4 Å². The normalized spacial score (nSPS) is 20.3. The molecular weight excluding hydrogens is 336 g/mol. The Morgan fingerprint density at radius 2 is 1.36 bits per heavy atom. The average Bonchev–Trinajstić information content (AvgIpc) is 3.34. The first-order chi connectivity index (χ1) is 11.7. The topological polar surface area (TPSA) is 0 Å². The quantitative estimate of drug-likeness (QED) is 0.312. The summed E-state index contributed by atoms with van der Waals surface area (Å²) in [7, 11) is -1.49. The Balaban J connectivity index is 2.28. The number of rotatable bonds is 5. The maximum Gasteiger partial charge on any atom is 0.0704 e. The Bertz CT molecular complexity index is 755. The van der Waals surface area contributed by atoms with Crippen LogP contribution in [0.1, 0.15) is 25.0 Å². The zero-order valence-electron chi connectivity index (χ0n) is 16.0. The lowest BCUT2D eigenvalue weighted by atomic mass is 9.86. The van der Waals surface area contributed by atoms with Gasteiger partial charge < -0.3 is 0 Å². The third-order valence-corrected chi connectivity index (χ3v) is 12.2. The van der Waals surface area contributed by atoms with Gasteiger partial charge in [-0.15, -0.1) is 18.3 Å². The standard InChI is InChI=1S/C23H28SSi/c1-7-22(2,3)23(25(4,5)6)21(24-23)20(18-14-10-8-11-15-18)19-16-12-9-13-17-19/h7-17H,1H2,2-6H3. The Hall–Kier alpha value is -1.51. The Morgan fingerprint density at radius 1 is 0.920 bits per heavy atom. The van der Waals surface area contributed by atoms with Gasteiger partial charge in [0.05, 0.1) is 12.4 Å². The second-order valence-electron chi connectivity index (χ2n) is 8.40. The molecule has 1 fully saturated rings. The minimum Gasteiger partial charge on any atom is -0.119 e. The smallest absolute Gasteiger partial charge is 0.0704 e. The van der Waals surface area contributed by atoms with Crippen molar-refractivity contribution in [1.29, 1.82) is 0 Å². The van der Waals surface area contributed by atoms with Gasteiger partial charge in [-0.3, -0.25) is 0 Å². The lowest BCUT2D eigenvalue weighted by molar-refractivity contribution is 0.474. The summed E-state index contributed by atoms with van der Waals surface area (Å²) in [6, 6.07) is 21.7. The van der Waals surface area contributed by atoms with E-state index in [4.69, 9.17) is 0 Å². The summed E-state index contributed by atoms with van der Waals surface area (Å²) in [5, 5.41) is 0. The molecule has 0 radical (unpaired) electrons. The highest BCUT2D eigenvalue weighted by Crippen LogP contribution is 2.73. The number of thioether (sulfide) groups is 1. The molecule has 1 aliphatic rings. The molecule has 1 saturated heterocycles. The molecule has 0 aromatic heterocycles. The fourth-order valence-electron chi connectivity index (χ4n) is 4.02. The molecule has 3 rings (SSSR count). The molecule has 2 aromatic carbocycles. The minimum atomic E-state index is -1.49. The summed E-state index contributed by atoms with van der Waals surface area (Å²) < 4.78 is 0.197. The second-order valence-corrected chi connectivity index (χ2v) is 15.2. The molecule has 1 atom stereocenters. The van der Waals surface area contributed by atoms with Gasteiger partial charge in [0.2, 0.25) is 0 Å². The van der Waals surface area contributed by atoms with Crippen LogP contribution in [0.4, 0.5) is 0 Å². The van der Waals surface area contributed by atoms with Gasteiger partial charge in [0, 0.05) is 4.91 Å². The van der Waals surface area contributed by atoms with E-state index in [-0.39, 0.29) is 9.79 Å². The lowest BCUT2D eigenvalue weighted by Gasteiger charge is -2.39. The van der Waals surface area contributed by atoms with Crippen molar-refractivity contribution in [3.63, 3.8) is 0 Å². The summed E-state index contributed by atoms with van der Waals surface area (Å²) in [4.78, 5) is 1.55. The molecule has 0 spiro atoms. The van der Waals surface area contributed by atoms with Crippen LogP contribution in [0.25, 0.3) is 5.57 Å². The van der Waals surface area contributed by atoms with Crippen molar-refractivity contribution >= 4 is 25.4 Å². The summed E-state index contributed by atoms with van der Waals surface area (Å²) >= 11 is 2.09. The maximum absolute atomic E-state index is 4.18. The second kappa shape index (κ2) is 6.33. The first-order valence-electron chi connectivity index (χ1n) is 8.93. The third kappa shape index (κ3) is 2.96. The van der Waals surface area contributed by atoms with Crippen LogP contribution >= 0.6 is 11.8 Å². The van der Waals surface area contributed by atoms with Crippen molar-refractivity contribution in [3.8, 4) is 0 Å². The lowest BCUT2D eigenvalue weighted by Crippen LogP contribution is -2.49. The number of benzene rings is 2. The predicted molar refractivity (Wildman–Crippen MR) is 117 cm³/mol. The molecule has 1 unspecified atom stereocenters. The predicted octanol–water partition coefficient (Wildman–Crippen LogP) is 7.02. The molecule has 1 aliphatic heterocycles. The Kier molecular flexibility index (Phi) is 4.63. The van der Waals surface area contributed by atoms with E-state index in [0.717, 1.165) is 0 Å². The molecule has 0 N–H and O–H groups in total. The van der Waals surface area contributed by atoms with Gasteiger partial charge in [0.1, 0.15) is 0 Å². The van der Waals surface area contributed by atoms with E-state index in [9.17, 15) is 0 Å². The third-order valence-electron chi connectivity index (χ3n) is 5.36. The molecule has 0 aliphatic carbocycles. The van der Waals surface area contributed by atoms with Crippen LogP contribution in [0.15, 0.2) is 78.2 Å². The molecule has 2 aromatic rings. The van der Waals surface area contributed by atoms with Gasteiger partial charge in [-0.25, -0.2) is 0 Å². The maximum atomic E-state index is 4.18. The average molecular weight is 365 g/mol. The molecule has 130 valence electrons. The summed E-state index contributed by atoms with van der Waals surface area (Å²) in [5.41, 5.74) is 4.11. The van der Waals surface area contributed by atoms with Gasteiger partial charge in [-0.05, 0) is 22.1 Å². The van der Waals surface area contributed by atoms with E-state index in [1.54, 1.807) is 4.91 Å². The highest BCUT2D eigenvalue weighted by molar-refractivity contribution is 8.15. The first kappa shape index (κ1) is 18.3. The molecule has 0 nitrogen and oxygen atoms in total. The van der Waals surface area contributed by atoms with Gasteiger partial charge in [-0.2, -0.15) is 0 Å². The van der Waals surface area contributed by atoms with Crippen LogP contribution in [-0.2, 0) is 0 Å². The zero-order valence-corrected chi connectivity index (χ0v) is 17.8. The van der Waals surface area contributed by atoms with E-state index < -0.39 is 8.07 Å². The SMILES string of the molecule is C=CC(C)(C)C1([Si](C)(C)C)SC1=C(c1ccccc1)c1ccccc1. The molecule has 0 saturated carbocycles. The summed E-state index contributed by atoms with van der Waals surface area (Å²) in [6.07, 6.45) is 2.17. The zero-order chi connectivity index (χ0) is 18.3. The van der Waals surface area contributed by atoms with E-state index in [2.05, 4.69) is 119 Å². The molecular formula is C23H28SSi. The van der Waals surface area contributed by atoms with Gasteiger partial charge in [0.25, 0.3) is 0 Å². The van der Waals surface area contributed by atoms with Crippen LogP contribution in [0, 0.1) is 5.41 Å². The van der Waals surface area contributed by atoms with Crippen LogP contribution < -0.4 is 0 Å². The largest absolute Gasteiger partial charge is 0.119 e. The minimum absolute atomic E-state index is 0.0757. The van der Waals surface area contributed by atoms with Crippen LogP contribution in [0.3, 0.4) is 0 Å². The number of hydrogen-bond acceptors (Lipinski definition) is 1. The van der Waals surface area contributed by atoms with Crippen LogP contribution in [0.5, 0.6) is 0 Å². The van der Waals surface area contributed by atoms with Crippen molar-refractivity contribution in [2.45, 2.75) is 37.9 Å². The summed E-state index contributed by atoms with van der Waals surface area (Å²) in [5.74, 6) is 0. The van der Waals surface area contributed by atoms with Crippen LogP contribution in [0.2, 0.25) is 19.6 Å². The van der Waals surface area contributed by atoms with Crippen molar-refractivity contribution in [2.75, 3.05) is 0 Å². The highest BCUT2D eigenvalue weighted by Gasteiger charge is 2.67. The molecule has 2 heteroatoms. The van der Waals surface area contributed by atoms with Gasteiger partial charge in [0.15, 0.2) is 0 Å². The fourth-order valence-corrected chi connectivity index (χ4v) is 10.6. The first-order valence-corrected chi connectivity index (χ1v) is 13.2. The van der Waals surface area contributed by atoms with Gasteiger partial charge in [-0.1, -0.05) is 100 Å². The number of hydrogen-bond donors (Lipinski definition) is 0. The van der Waals surface area contributed by atoms with E-state index >= 15 is 0 Å². The van der Waals surface area contributed by atoms with E-state index in [1.165, 1.54) is 16.7 Å². The molecule has 25 heavy (non-hydrogen) atoms. The highest BCUT2D eigenvalue weighted by atomic mass is 32.2. The van der Waals surface area contributed by atoms with Crippen molar-refractivity contribution < 1.29 is 0 Å². The monoisotopic (exact) mass is 364 g/mol. The van der Waals surface area contributed by atoms with E-state index in [0.29, 0.717) is 0 Å². The van der Waals surface area contributed by atoms with Crippen molar-refractivity contribution in [3.05, 3.63) is 89.4 Å². The molecule has 0 bridgehead atoms. The Labute approximate surface area is 158 Å². The fraction of sp³-hybridized carbons (Fsp3) is 0.304. The Morgan fingerprint density at radius 3 is 1.72 bits per heavy atom. The molecule has 1 heterocycles. The van der Waals surface area contributed by atoms with E-state index in [1.807, 2.05) is 0 Å². The van der Waals surface area contributed by atoms with Gasteiger partial charge >= 0.3 is 0 Å². The van der Waals surface area contributed by atoms with Crippen molar-refractivity contribution in [1.82, 2.24) is 0 Å². The molecule has 0 amide bonds. The van der Waals surface area contributed by atoms with Crippen molar-refractivity contribution in [2.24, 2.45) is 5.41 Å².